The molecule has 7 nitrogen and oxygen atoms in total. The molecule has 0 saturated carbocycles. The molecule has 2 rings (SSSR count). The maximum atomic E-state index is 11.1. The normalized spacial score (nSPS) is 10.3. The van der Waals surface area contributed by atoms with Crippen molar-refractivity contribution in [2.75, 3.05) is 0 Å². The molecule has 1 aromatic heterocycles. The van der Waals surface area contributed by atoms with Crippen molar-refractivity contribution in [3.8, 4) is 11.4 Å². The third-order valence-electron chi connectivity index (χ3n) is 2.80. The van der Waals surface area contributed by atoms with Crippen LogP contribution in [0.2, 0.25) is 0 Å². The van der Waals surface area contributed by atoms with Crippen molar-refractivity contribution >= 4 is 11.7 Å². The molecule has 20 heavy (non-hydrogen) atoms. The predicted octanol–water partition coefficient (Wildman–Crippen LogP) is 2.37. The SMILES string of the molecule is Cc1nc(-c2cccc([N+](=O)[O-])c2)nc(C)c1C(=O)O. The Morgan fingerprint density at radius 1 is 1.25 bits per heavy atom. The van der Waals surface area contributed by atoms with Gasteiger partial charge in [-0.1, -0.05) is 12.1 Å². The number of aromatic carboxylic acids is 1. The quantitative estimate of drug-likeness (QED) is 0.679. The number of hydrogen-bond donors (Lipinski definition) is 1. The lowest BCUT2D eigenvalue weighted by atomic mass is 10.1. The molecule has 2 aromatic rings. The van der Waals surface area contributed by atoms with Gasteiger partial charge in [0.15, 0.2) is 5.82 Å². The molecule has 0 unspecified atom stereocenters. The van der Waals surface area contributed by atoms with Gasteiger partial charge >= 0.3 is 5.97 Å². The molecular formula is C13H11N3O4. The Morgan fingerprint density at radius 3 is 2.35 bits per heavy atom. The number of aromatic nitrogens is 2. The first-order chi connectivity index (χ1) is 9.40. The average molecular weight is 273 g/mol. The average Bonchev–Trinajstić information content (AvgIpc) is 2.37. The first kappa shape index (κ1) is 13.6. The van der Waals surface area contributed by atoms with Crippen LogP contribution in [0.25, 0.3) is 11.4 Å². The molecule has 0 aliphatic carbocycles. The van der Waals surface area contributed by atoms with E-state index in [9.17, 15) is 14.9 Å². The van der Waals surface area contributed by atoms with Gasteiger partial charge in [-0.05, 0) is 13.8 Å². The standard InChI is InChI=1S/C13H11N3O4/c1-7-11(13(17)18)8(2)15-12(14-7)9-4-3-5-10(6-9)16(19)20/h3-6H,1-2H3,(H,17,18). The largest absolute Gasteiger partial charge is 0.478 e. The minimum absolute atomic E-state index is 0.0548. The summed E-state index contributed by atoms with van der Waals surface area (Å²) < 4.78 is 0. The highest BCUT2D eigenvalue weighted by Crippen LogP contribution is 2.22. The number of aryl methyl sites for hydroxylation is 2. The molecule has 102 valence electrons. The van der Waals surface area contributed by atoms with Gasteiger partial charge in [-0.2, -0.15) is 0 Å². The topological polar surface area (TPSA) is 106 Å². The Bertz CT molecular complexity index is 690. The number of nitro groups is 1. The summed E-state index contributed by atoms with van der Waals surface area (Å²) >= 11 is 0. The lowest BCUT2D eigenvalue weighted by molar-refractivity contribution is -0.384. The van der Waals surface area contributed by atoms with E-state index in [1.807, 2.05) is 0 Å². The van der Waals surface area contributed by atoms with Crippen molar-refractivity contribution in [3.05, 3.63) is 51.3 Å². The van der Waals surface area contributed by atoms with Crippen LogP contribution in [-0.2, 0) is 0 Å². The molecule has 0 radical (unpaired) electrons. The Balaban J connectivity index is 2.57. The van der Waals surface area contributed by atoms with Gasteiger partial charge in [-0.15, -0.1) is 0 Å². The van der Waals surface area contributed by atoms with Gasteiger partial charge in [0.1, 0.15) is 5.56 Å². The Hall–Kier alpha value is -2.83. The molecule has 0 spiro atoms. The molecular weight excluding hydrogens is 262 g/mol. The summed E-state index contributed by atoms with van der Waals surface area (Å²) in [6.45, 7) is 3.14. The predicted molar refractivity (Wildman–Crippen MR) is 70.6 cm³/mol. The molecule has 0 saturated heterocycles. The highest BCUT2D eigenvalue weighted by Gasteiger charge is 2.16. The third kappa shape index (κ3) is 2.46. The molecule has 7 heteroatoms. The van der Waals surface area contributed by atoms with Crippen LogP contribution in [-0.4, -0.2) is 26.0 Å². The number of rotatable bonds is 3. The van der Waals surface area contributed by atoms with Crippen molar-refractivity contribution in [1.82, 2.24) is 9.97 Å². The second-order valence-electron chi connectivity index (χ2n) is 4.21. The summed E-state index contributed by atoms with van der Waals surface area (Å²) in [4.78, 5) is 29.5. The fourth-order valence-electron chi connectivity index (χ4n) is 1.91. The monoisotopic (exact) mass is 273 g/mol. The zero-order valence-corrected chi connectivity index (χ0v) is 10.8. The van der Waals surface area contributed by atoms with Crippen LogP contribution >= 0.6 is 0 Å². The lowest BCUT2D eigenvalue weighted by Gasteiger charge is -2.07. The van der Waals surface area contributed by atoms with Crippen molar-refractivity contribution in [1.29, 1.82) is 0 Å². The van der Waals surface area contributed by atoms with Gasteiger partial charge in [0.05, 0.1) is 16.3 Å². The number of hydrogen-bond acceptors (Lipinski definition) is 5. The number of non-ortho nitro benzene ring substituents is 1. The summed E-state index contributed by atoms with van der Waals surface area (Å²) in [7, 11) is 0. The summed E-state index contributed by atoms with van der Waals surface area (Å²) in [5.41, 5.74) is 1.11. The molecule has 1 aromatic carbocycles. The molecule has 1 N–H and O–H groups in total. The van der Waals surface area contributed by atoms with Crippen LogP contribution in [0.3, 0.4) is 0 Å². The summed E-state index contributed by atoms with van der Waals surface area (Å²) in [6, 6.07) is 5.90. The molecule has 0 aliphatic heterocycles. The van der Waals surface area contributed by atoms with Crippen molar-refractivity contribution in [2.45, 2.75) is 13.8 Å². The van der Waals surface area contributed by atoms with Crippen LogP contribution in [0.1, 0.15) is 21.7 Å². The minimum atomic E-state index is -1.09. The van der Waals surface area contributed by atoms with Crippen molar-refractivity contribution in [2.24, 2.45) is 0 Å². The first-order valence-electron chi connectivity index (χ1n) is 5.73. The number of benzene rings is 1. The van der Waals surface area contributed by atoms with Crippen LogP contribution in [0.5, 0.6) is 0 Å². The fraction of sp³-hybridized carbons (Fsp3) is 0.154. The van der Waals surface area contributed by atoms with Gasteiger partial charge < -0.3 is 5.11 Å². The lowest BCUT2D eigenvalue weighted by Crippen LogP contribution is -2.08. The molecule has 0 amide bonds. The number of carboxylic acids is 1. The zero-order valence-electron chi connectivity index (χ0n) is 10.8. The summed E-state index contributed by atoms with van der Waals surface area (Å²) in [6.07, 6.45) is 0. The van der Waals surface area contributed by atoms with Crippen LogP contribution in [0.4, 0.5) is 5.69 Å². The van der Waals surface area contributed by atoms with Crippen LogP contribution in [0.15, 0.2) is 24.3 Å². The molecule has 0 fully saturated rings. The smallest absolute Gasteiger partial charge is 0.339 e. The zero-order chi connectivity index (χ0) is 14.9. The second kappa shape index (κ2) is 5.04. The minimum Gasteiger partial charge on any atom is -0.478 e. The van der Waals surface area contributed by atoms with Gasteiger partial charge in [-0.25, -0.2) is 14.8 Å². The molecule has 0 aliphatic rings. The fourth-order valence-corrected chi connectivity index (χ4v) is 1.91. The Labute approximate surface area is 114 Å². The van der Waals surface area contributed by atoms with E-state index in [0.29, 0.717) is 17.0 Å². The maximum Gasteiger partial charge on any atom is 0.339 e. The van der Waals surface area contributed by atoms with E-state index in [4.69, 9.17) is 5.11 Å². The number of carboxylic acid groups (broad SMARTS) is 1. The van der Waals surface area contributed by atoms with Gasteiger partial charge in [0.25, 0.3) is 5.69 Å². The van der Waals surface area contributed by atoms with E-state index >= 15 is 0 Å². The molecule has 0 atom stereocenters. The van der Waals surface area contributed by atoms with Gasteiger partial charge in [-0.3, -0.25) is 10.1 Å². The van der Waals surface area contributed by atoms with Crippen LogP contribution < -0.4 is 0 Å². The van der Waals surface area contributed by atoms with Crippen molar-refractivity contribution < 1.29 is 14.8 Å². The van der Waals surface area contributed by atoms with Gasteiger partial charge in [0.2, 0.25) is 0 Å². The van der Waals surface area contributed by atoms with E-state index < -0.39 is 10.9 Å². The maximum absolute atomic E-state index is 11.1. The number of carbonyl (C=O) groups is 1. The van der Waals surface area contributed by atoms with E-state index in [2.05, 4.69) is 9.97 Å². The summed E-state index contributed by atoms with van der Waals surface area (Å²) in [5, 5.41) is 19.8. The second-order valence-corrected chi connectivity index (χ2v) is 4.21. The van der Waals surface area contributed by atoms with Crippen LogP contribution in [0, 0.1) is 24.0 Å². The highest BCUT2D eigenvalue weighted by molar-refractivity contribution is 5.90. The van der Waals surface area contributed by atoms with Gasteiger partial charge in [0, 0.05) is 17.7 Å². The molecule has 1 heterocycles. The Kier molecular flexibility index (Phi) is 3.43. The number of nitrogens with zero attached hydrogens (tertiary/aromatic N) is 3. The van der Waals surface area contributed by atoms with E-state index in [-0.39, 0.29) is 17.1 Å². The molecule has 0 bridgehead atoms. The Morgan fingerprint density at radius 2 is 1.85 bits per heavy atom. The third-order valence-corrected chi connectivity index (χ3v) is 2.80. The van der Waals surface area contributed by atoms with E-state index in [0.717, 1.165) is 0 Å². The van der Waals surface area contributed by atoms with E-state index in [1.165, 1.54) is 18.2 Å². The first-order valence-corrected chi connectivity index (χ1v) is 5.73. The summed E-state index contributed by atoms with van der Waals surface area (Å²) in [5.74, 6) is -0.820. The van der Waals surface area contributed by atoms with E-state index in [1.54, 1.807) is 19.9 Å². The highest BCUT2D eigenvalue weighted by atomic mass is 16.6. The number of nitro benzene ring substituents is 1. The van der Waals surface area contributed by atoms with Crippen molar-refractivity contribution in [3.63, 3.8) is 0 Å².